The molecule has 0 aliphatic carbocycles. The lowest BCUT2D eigenvalue weighted by atomic mass is 10.2. The number of hydrogen-bond acceptors (Lipinski definition) is 6. The van der Waals surface area contributed by atoms with E-state index >= 15 is 0 Å². The van der Waals surface area contributed by atoms with Gasteiger partial charge >= 0.3 is 6.18 Å². The number of anilines is 2. The molecule has 0 fully saturated rings. The molecule has 2 aromatic heterocycles. The summed E-state index contributed by atoms with van der Waals surface area (Å²) < 4.78 is 42.8. The number of halogens is 3. The first-order chi connectivity index (χ1) is 14.8. The number of hydrogen-bond donors (Lipinski definition) is 2. The number of aromatic nitrogens is 1. The highest BCUT2D eigenvalue weighted by Crippen LogP contribution is 2.30. The molecule has 2 amide bonds. The molecule has 3 heterocycles. The van der Waals surface area contributed by atoms with E-state index in [0.29, 0.717) is 35.9 Å². The molecule has 0 spiro atoms. The Bertz CT molecular complexity index is 1080. The third kappa shape index (κ3) is 5.12. The fourth-order valence-electron chi connectivity index (χ4n) is 3.15. The molecule has 0 atom stereocenters. The number of fused-ring (bicyclic) bond motifs is 1. The van der Waals surface area contributed by atoms with Crippen molar-refractivity contribution in [2.24, 2.45) is 0 Å². The highest BCUT2D eigenvalue weighted by molar-refractivity contribution is 7.15. The van der Waals surface area contributed by atoms with E-state index < -0.39 is 11.7 Å². The van der Waals surface area contributed by atoms with Crippen LogP contribution in [-0.4, -0.2) is 34.8 Å². The van der Waals surface area contributed by atoms with Crippen molar-refractivity contribution >= 4 is 34.0 Å². The summed E-state index contributed by atoms with van der Waals surface area (Å²) in [6, 6.07) is 5.87. The van der Waals surface area contributed by atoms with Gasteiger partial charge in [-0.15, -0.1) is 11.3 Å². The molecular weight excluding hydrogens is 433 g/mol. The molecule has 3 aromatic rings. The number of alkyl halides is 3. The van der Waals surface area contributed by atoms with E-state index in [0.717, 1.165) is 22.7 Å². The van der Waals surface area contributed by atoms with Crippen molar-refractivity contribution < 1.29 is 27.2 Å². The van der Waals surface area contributed by atoms with Gasteiger partial charge in [-0.1, -0.05) is 0 Å². The van der Waals surface area contributed by atoms with Crippen LogP contribution < -0.4 is 10.6 Å². The molecule has 31 heavy (non-hydrogen) atoms. The number of benzene rings is 1. The van der Waals surface area contributed by atoms with Crippen molar-refractivity contribution in [1.29, 1.82) is 0 Å². The van der Waals surface area contributed by atoms with Crippen LogP contribution in [0.4, 0.5) is 24.0 Å². The summed E-state index contributed by atoms with van der Waals surface area (Å²) >= 11 is 1.35. The zero-order valence-corrected chi connectivity index (χ0v) is 16.8. The predicted molar refractivity (Wildman–Crippen MR) is 108 cm³/mol. The van der Waals surface area contributed by atoms with E-state index in [9.17, 15) is 22.8 Å². The van der Waals surface area contributed by atoms with Gasteiger partial charge in [0, 0.05) is 30.1 Å². The maximum Gasteiger partial charge on any atom is 0.416 e. The van der Waals surface area contributed by atoms with Crippen LogP contribution in [0.25, 0.3) is 0 Å². The van der Waals surface area contributed by atoms with Gasteiger partial charge in [0.05, 0.1) is 29.6 Å². The molecule has 11 heteroatoms. The van der Waals surface area contributed by atoms with Crippen LogP contribution in [0.5, 0.6) is 0 Å². The van der Waals surface area contributed by atoms with Gasteiger partial charge in [-0.25, -0.2) is 4.98 Å². The Balaban J connectivity index is 1.32. The first-order valence-corrected chi connectivity index (χ1v) is 10.1. The van der Waals surface area contributed by atoms with Crippen molar-refractivity contribution in [2.75, 3.05) is 23.7 Å². The predicted octanol–water partition coefficient (Wildman–Crippen LogP) is 4.00. The number of furan rings is 1. The van der Waals surface area contributed by atoms with Crippen molar-refractivity contribution in [3.63, 3.8) is 0 Å². The summed E-state index contributed by atoms with van der Waals surface area (Å²) in [5.41, 5.74) is 0.814. The highest BCUT2D eigenvalue weighted by atomic mass is 32.1. The molecule has 1 aromatic carbocycles. The normalized spacial score (nSPS) is 14.2. The zero-order valence-electron chi connectivity index (χ0n) is 16.0. The minimum absolute atomic E-state index is 0.0923. The first-order valence-electron chi connectivity index (χ1n) is 9.29. The molecule has 0 unspecified atom stereocenters. The number of amides is 2. The number of carbonyl (C=O) groups excluding carboxylic acids is 2. The average Bonchev–Trinajstić information content (AvgIpc) is 3.37. The fraction of sp³-hybridized carbons (Fsp3) is 0.250. The van der Waals surface area contributed by atoms with Crippen LogP contribution in [0.3, 0.4) is 0 Å². The van der Waals surface area contributed by atoms with E-state index in [1.807, 2.05) is 4.90 Å². The minimum Gasteiger partial charge on any atom is -0.472 e. The van der Waals surface area contributed by atoms with Gasteiger partial charge in [0.25, 0.3) is 5.91 Å². The van der Waals surface area contributed by atoms with Gasteiger partial charge in [0.2, 0.25) is 5.91 Å². The lowest BCUT2D eigenvalue weighted by molar-refractivity contribution is -0.137. The van der Waals surface area contributed by atoms with Crippen molar-refractivity contribution in [2.45, 2.75) is 19.1 Å². The maximum atomic E-state index is 12.6. The number of carbonyl (C=O) groups is 2. The third-order valence-electron chi connectivity index (χ3n) is 4.68. The van der Waals surface area contributed by atoms with Crippen LogP contribution in [0.1, 0.15) is 26.5 Å². The van der Waals surface area contributed by atoms with E-state index in [2.05, 4.69) is 15.6 Å². The number of nitrogens with zero attached hydrogens (tertiary/aromatic N) is 2. The van der Waals surface area contributed by atoms with Crippen molar-refractivity contribution in [1.82, 2.24) is 9.88 Å². The quantitative estimate of drug-likeness (QED) is 0.614. The average molecular weight is 450 g/mol. The number of nitrogens with one attached hydrogen (secondary N) is 2. The molecule has 7 nitrogen and oxygen atoms in total. The molecule has 0 bridgehead atoms. The summed E-state index contributed by atoms with van der Waals surface area (Å²) in [6.07, 6.45) is -1.03. The van der Waals surface area contributed by atoms with Crippen molar-refractivity contribution in [3.05, 3.63) is 64.6 Å². The van der Waals surface area contributed by atoms with Crippen LogP contribution in [0.2, 0.25) is 0 Å². The Morgan fingerprint density at radius 3 is 2.61 bits per heavy atom. The van der Waals surface area contributed by atoms with E-state index in [-0.39, 0.29) is 18.4 Å². The van der Waals surface area contributed by atoms with E-state index in [4.69, 9.17) is 4.42 Å². The maximum absolute atomic E-state index is 12.6. The summed E-state index contributed by atoms with van der Waals surface area (Å²) in [6.45, 7) is 1.19. The SMILES string of the molecule is O=C(CN1CCc2nc(NC(=O)c3ccoc3)sc2C1)Nc1ccc(C(F)(F)F)cc1. The standard InChI is InChI=1S/C20H17F3N4O3S/c21-20(22,23)13-1-3-14(4-2-13)24-17(28)10-27-7-5-15-16(9-27)31-19(25-15)26-18(29)12-6-8-30-11-12/h1-4,6,8,11H,5,7,9-10H2,(H,24,28)(H,25,26,29). The second-order valence-electron chi connectivity index (χ2n) is 6.94. The largest absolute Gasteiger partial charge is 0.472 e. The highest BCUT2D eigenvalue weighted by Gasteiger charge is 2.30. The van der Waals surface area contributed by atoms with Crippen LogP contribution in [0.15, 0.2) is 47.3 Å². The Kier molecular flexibility index (Phi) is 5.79. The smallest absolute Gasteiger partial charge is 0.416 e. The molecule has 1 aliphatic rings. The van der Waals surface area contributed by atoms with Gasteiger partial charge in [0.1, 0.15) is 6.26 Å². The lowest BCUT2D eigenvalue weighted by Gasteiger charge is -2.25. The molecule has 4 rings (SSSR count). The summed E-state index contributed by atoms with van der Waals surface area (Å²) in [5, 5.41) is 5.83. The molecule has 1 aliphatic heterocycles. The van der Waals surface area contributed by atoms with Gasteiger partial charge in [-0.05, 0) is 30.3 Å². The monoisotopic (exact) mass is 450 g/mol. The van der Waals surface area contributed by atoms with E-state index in [1.165, 1.54) is 36.0 Å². The zero-order chi connectivity index (χ0) is 22.0. The Morgan fingerprint density at radius 1 is 1.16 bits per heavy atom. The Labute approximate surface area is 178 Å². The minimum atomic E-state index is -4.42. The molecular formula is C20H17F3N4O3S. The molecule has 162 valence electrons. The van der Waals surface area contributed by atoms with Gasteiger partial charge < -0.3 is 9.73 Å². The molecule has 0 saturated carbocycles. The lowest BCUT2D eigenvalue weighted by Crippen LogP contribution is -2.36. The van der Waals surface area contributed by atoms with Crippen LogP contribution >= 0.6 is 11.3 Å². The summed E-state index contributed by atoms with van der Waals surface area (Å²) in [7, 11) is 0. The number of rotatable bonds is 5. The molecule has 2 N–H and O–H groups in total. The summed E-state index contributed by atoms with van der Waals surface area (Å²) in [4.78, 5) is 31.7. The number of thiazole rings is 1. The Hall–Kier alpha value is -3.18. The van der Waals surface area contributed by atoms with Gasteiger partial charge in [0.15, 0.2) is 5.13 Å². The van der Waals surface area contributed by atoms with Gasteiger partial charge in [-0.2, -0.15) is 13.2 Å². The molecule has 0 radical (unpaired) electrons. The molecule has 0 saturated heterocycles. The second-order valence-corrected chi connectivity index (χ2v) is 8.02. The fourth-order valence-corrected chi connectivity index (χ4v) is 4.19. The third-order valence-corrected chi connectivity index (χ3v) is 5.68. The Morgan fingerprint density at radius 2 is 1.94 bits per heavy atom. The summed E-state index contributed by atoms with van der Waals surface area (Å²) in [5.74, 6) is -0.631. The van der Waals surface area contributed by atoms with Crippen LogP contribution in [0, 0.1) is 0 Å². The topological polar surface area (TPSA) is 87.5 Å². The second kappa shape index (κ2) is 8.52. The van der Waals surface area contributed by atoms with Crippen LogP contribution in [-0.2, 0) is 23.9 Å². The van der Waals surface area contributed by atoms with E-state index in [1.54, 1.807) is 6.07 Å². The van der Waals surface area contributed by atoms with Gasteiger partial charge in [-0.3, -0.25) is 19.8 Å². The van der Waals surface area contributed by atoms with Crippen molar-refractivity contribution in [3.8, 4) is 0 Å². The first kappa shape index (κ1) is 21.1.